The molecule has 4 saturated carbocycles. The van der Waals surface area contributed by atoms with Gasteiger partial charge in [-0.3, -0.25) is 0 Å². The topological polar surface area (TPSA) is 0 Å². The molecule has 5 rings (SSSR count). The molecule has 0 N–H and O–H groups in total. The number of rotatable bonds is 1. The molecule has 6 unspecified atom stereocenters. The summed E-state index contributed by atoms with van der Waals surface area (Å²) >= 11 is 0. The summed E-state index contributed by atoms with van der Waals surface area (Å²) in [6, 6.07) is 0. The van der Waals surface area contributed by atoms with Crippen LogP contribution in [0.1, 0.15) is 71.6 Å². The van der Waals surface area contributed by atoms with Crippen molar-refractivity contribution in [1.29, 1.82) is 0 Å². The smallest absolute Gasteiger partial charge is 0.000826 e. The van der Waals surface area contributed by atoms with Crippen molar-refractivity contribution < 1.29 is 0 Å². The minimum Gasteiger partial charge on any atom is -0.0998 e. The Hall–Kier alpha value is -0.520. The van der Waals surface area contributed by atoms with Gasteiger partial charge in [0.2, 0.25) is 0 Å². The molecule has 5 aliphatic carbocycles. The average Bonchev–Trinajstić information content (AvgIpc) is 2.75. The zero-order valence-electron chi connectivity index (χ0n) is 13.9. The molecule has 0 bridgehead atoms. The molecule has 0 amide bonds. The predicted octanol–water partition coefficient (Wildman–Crippen LogP) is 5.90. The summed E-state index contributed by atoms with van der Waals surface area (Å²) in [6.45, 7) is 9.30. The number of fused-ring (bicyclic) bond motifs is 1. The van der Waals surface area contributed by atoms with E-state index in [1.54, 1.807) is 0 Å². The average molecular weight is 282 g/mol. The highest BCUT2D eigenvalue weighted by Crippen LogP contribution is 2.91. The first-order valence-corrected chi connectivity index (χ1v) is 9.42. The SMILES string of the molecule is C=C(C)C1CCC2C1(C)CCC1C34CCCC=C3CCC214. The molecular weight excluding hydrogens is 252 g/mol. The summed E-state index contributed by atoms with van der Waals surface area (Å²) in [5, 5.41) is 0. The Labute approximate surface area is 130 Å². The Balaban J connectivity index is 1.61. The van der Waals surface area contributed by atoms with Gasteiger partial charge in [-0.05, 0) is 93.3 Å². The monoisotopic (exact) mass is 282 g/mol. The Bertz CT molecular complexity index is 554. The number of hydrogen-bond donors (Lipinski definition) is 0. The molecule has 0 heteroatoms. The fourth-order valence-electron chi connectivity index (χ4n) is 8.64. The molecule has 6 atom stereocenters. The second-order valence-electron chi connectivity index (χ2n) is 9.26. The summed E-state index contributed by atoms with van der Waals surface area (Å²) in [7, 11) is 0. The minimum absolute atomic E-state index is 0.582. The number of hydrogen-bond acceptors (Lipinski definition) is 0. The van der Waals surface area contributed by atoms with Crippen molar-refractivity contribution in [2.45, 2.75) is 71.6 Å². The lowest BCUT2D eigenvalue weighted by molar-refractivity contribution is 0.0451. The molecule has 0 aromatic rings. The summed E-state index contributed by atoms with van der Waals surface area (Å²) in [4.78, 5) is 0. The van der Waals surface area contributed by atoms with Gasteiger partial charge >= 0.3 is 0 Å². The highest BCUT2D eigenvalue weighted by molar-refractivity contribution is 5.45. The lowest BCUT2D eigenvalue weighted by atomic mass is 9.59. The van der Waals surface area contributed by atoms with Crippen molar-refractivity contribution in [3.8, 4) is 0 Å². The first kappa shape index (κ1) is 13.0. The molecule has 0 heterocycles. The van der Waals surface area contributed by atoms with E-state index in [4.69, 9.17) is 0 Å². The summed E-state index contributed by atoms with van der Waals surface area (Å²) in [6.07, 6.45) is 16.0. The molecule has 0 aliphatic heterocycles. The van der Waals surface area contributed by atoms with Gasteiger partial charge in [0, 0.05) is 5.41 Å². The van der Waals surface area contributed by atoms with Crippen molar-refractivity contribution in [2.24, 2.45) is 34.0 Å². The van der Waals surface area contributed by atoms with Gasteiger partial charge < -0.3 is 0 Å². The van der Waals surface area contributed by atoms with E-state index in [1.165, 1.54) is 63.4 Å². The highest BCUT2D eigenvalue weighted by Gasteiger charge is 2.84. The van der Waals surface area contributed by atoms with Crippen LogP contribution in [0.2, 0.25) is 0 Å². The second-order valence-corrected chi connectivity index (χ2v) is 9.26. The van der Waals surface area contributed by atoms with Gasteiger partial charge in [0.25, 0.3) is 0 Å². The molecule has 0 saturated heterocycles. The fourth-order valence-corrected chi connectivity index (χ4v) is 8.64. The van der Waals surface area contributed by atoms with E-state index in [1.807, 2.05) is 5.57 Å². The van der Waals surface area contributed by atoms with Gasteiger partial charge in [-0.15, -0.1) is 0 Å². The van der Waals surface area contributed by atoms with E-state index in [-0.39, 0.29) is 0 Å². The zero-order chi connectivity index (χ0) is 14.5. The third kappa shape index (κ3) is 1.16. The summed E-state index contributed by atoms with van der Waals surface area (Å²) in [5.74, 6) is 2.90. The molecule has 5 aliphatic rings. The van der Waals surface area contributed by atoms with E-state index in [0.717, 1.165) is 23.2 Å². The van der Waals surface area contributed by atoms with Crippen LogP contribution in [0.4, 0.5) is 0 Å². The Morgan fingerprint density at radius 1 is 1.14 bits per heavy atom. The van der Waals surface area contributed by atoms with Crippen molar-refractivity contribution in [3.05, 3.63) is 23.8 Å². The molecule has 0 nitrogen and oxygen atoms in total. The van der Waals surface area contributed by atoms with Crippen LogP contribution in [-0.4, -0.2) is 0 Å². The van der Waals surface area contributed by atoms with Gasteiger partial charge in [0.15, 0.2) is 0 Å². The van der Waals surface area contributed by atoms with Crippen LogP contribution in [-0.2, 0) is 0 Å². The second kappa shape index (κ2) is 3.69. The lowest BCUT2D eigenvalue weighted by Crippen LogP contribution is -2.39. The molecule has 21 heavy (non-hydrogen) atoms. The maximum atomic E-state index is 4.36. The van der Waals surface area contributed by atoms with Crippen molar-refractivity contribution in [1.82, 2.24) is 0 Å². The van der Waals surface area contributed by atoms with Crippen LogP contribution in [0.25, 0.3) is 0 Å². The van der Waals surface area contributed by atoms with E-state index < -0.39 is 0 Å². The molecule has 0 aromatic carbocycles. The van der Waals surface area contributed by atoms with E-state index in [0.29, 0.717) is 10.8 Å². The summed E-state index contributed by atoms with van der Waals surface area (Å²) < 4.78 is 0. The molecule has 114 valence electrons. The highest BCUT2D eigenvalue weighted by atomic mass is 14.9. The Kier molecular flexibility index (Phi) is 2.28. The Morgan fingerprint density at radius 2 is 2.00 bits per heavy atom. The van der Waals surface area contributed by atoms with Crippen LogP contribution in [0.5, 0.6) is 0 Å². The maximum Gasteiger partial charge on any atom is 0.000826 e. The largest absolute Gasteiger partial charge is 0.0998 e. The summed E-state index contributed by atoms with van der Waals surface area (Å²) in [5.41, 5.74) is 5.43. The van der Waals surface area contributed by atoms with E-state index in [2.05, 4.69) is 26.5 Å². The maximum absolute atomic E-state index is 4.36. The van der Waals surface area contributed by atoms with Gasteiger partial charge in [-0.1, -0.05) is 30.7 Å². The molecular formula is C21H30. The first-order chi connectivity index (χ1) is 10.1. The van der Waals surface area contributed by atoms with Gasteiger partial charge in [0.1, 0.15) is 0 Å². The molecule has 2 spiro atoms. The van der Waals surface area contributed by atoms with Crippen LogP contribution in [0.3, 0.4) is 0 Å². The Morgan fingerprint density at radius 3 is 2.81 bits per heavy atom. The molecule has 0 aromatic heterocycles. The minimum atomic E-state index is 0.582. The van der Waals surface area contributed by atoms with Crippen molar-refractivity contribution in [2.75, 3.05) is 0 Å². The number of allylic oxidation sites excluding steroid dienone is 3. The van der Waals surface area contributed by atoms with Crippen LogP contribution in [0, 0.1) is 34.0 Å². The third-order valence-electron chi connectivity index (χ3n) is 9.04. The van der Waals surface area contributed by atoms with Crippen LogP contribution >= 0.6 is 0 Å². The van der Waals surface area contributed by atoms with Crippen LogP contribution in [0.15, 0.2) is 23.8 Å². The van der Waals surface area contributed by atoms with Gasteiger partial charge in [-0.2, -0.15) is 0 Å². The van der Waals surface area contributed by atoms with E-state index in [9.17, 15) is 0 Å². The first-order valence-electron chi connectivity index (χ1n) is 9.42. The standard InChI is InChI=1S/C21H30/c1-14(2)16-7-8-17-19(16,3)12-10-18-20-11-5-4-6-15(20)9-13-21(17,18)20/h6,16-18H,1,4-5,7-13H2,2-3H3. The van der Waals surface area contributed by atoms with Crippen LogP contribution < -0.4 is 0 Å². The normalized spacial score (nSPS) is 56.9. The van der Waals surface area contributed by atoms with E-state index >= 15 is 0 Å². The molecule has 0 radical (unpaired) electrons. The van der Waals surface area contributed by atoms with Gasteiger partial charge in [0.05, 0.1) is 0 Å². The van der Waals surface area contributed by atoms with Gasteiger partial charge in [-0.25, -0.2) is 0 Å². The predicted molar refractivity (Wildman–Crippen MR) is 87.9 cm³/mol. The van der Waals surface area contributed by atoms with Crippen molar-refractivity contribution in [3.63, 3.8) is 0 Å². The zero-order valence-corrected chi connectivity index (χ0v) is 13.9. The van der Waals surface area contributed by atoms with Crippen molar-refractivity contribution >= 4 is 0 Å². The quantitative estimate of drug-likeness (QED) is 0.526. The molecule has 4 fully saturated rings. The lowest BCUT2D eigenvalue weighted by Gasteiger charge is -2.45. The fraction of sp³-hybridized carbons (Fsp3) is 0.810. The third-order valence-corrected chi connectivity index (χ3v) is 9.04.